The summed E-state index contributed by atoms with van der Waals surface area (Å²) in [6, 6.07) is 17.5. The van der Waals surface area contributed by atoms with Gasteiger partial charge in [0, 0.05) is 49.4 Å². The van der Waals surface area contributed by atoms with E-state index >= 15 is 0 Å². The number of sulfone groups is 1. The van der Waals surface area contributed by atoms with Crippen molar-refractivity contribution in [3.05, 3.63) is 102 Å². The Kier molecular flexibility index (Phi) is 7.83. The molecule has 5 rings (SSSR count). The molecule has 0 saturated heterocycles. The maximum Gasteiger partial charge on any atom is 0.180 e. The van der Waals surface area contributed by atoms with Crippen LogP contribution in [0.1, 0.15) is 17.5 Å². The Morgan fingerprint density at radius 2 is 1.71 bits per heavy atom. The molecule has 1 aliphatic rings. The first kappa shape index (κ1) is 26.0. The summed E-state index contributed by atoms with van der Waals surface area (Å²) in [4.78, 5) is 10.2. The van der Waals surface area contributed by atoms with Gasteiger partial charge in [0.25, 0.3) is 0 Å². The zero-order valence-electron chi connectivity index (χ0n) is 21.0. The summed E-state index contributed by atoms with van der Waals surface area (Å²) in [5.74, 6) is -0.520. The zero-order valence-corrected chi connectivity index (χ0v) is 21.8. The van der Waals surface area contributed by atoms with E-state index in [0.29, 0.717) is 0 Å². The zero-order chi connectivity index (χ0) is 26.5. The van der Waals surface area contributed by atoms with Crippen LogP contribution in [0.4, 0.5) is 4.39 Å². The van der Waals surface area contributed by atoms with Crippen LogP contribution in [0.5, 0.6) is 0 Å². The average molecular weight is 532 g/mol. The van der Waals surface area contributed by atoms with Crippen LogP contribution in [-0.2, 0) is 16.3 Å². The molecule has 2 aromatic heterocycles. The van der Waals surface area contributed by atoms with Gasteiger partial charge in [0.15, 0.2) is 9.84 Å². The van der Waals surface area contributed by atoms with E-state index in [4.69, 9.17) is 5.11 Å². The largest absolute Gasteiger partial charge is 0.395 e. The van der Waals surface area contributed by atoms with Crippen LogP contribution in [-0.4, -0.2) is 60.4 Å². The highest BCUT2D eigenvalue weighted by Crippen LogP contribution is 2.39. The molecule has 2 N–H and O–H groups in total. The van der Waals surface area contributed by atoms with Crippen molar-refractivity contribution < 1.29 is 17.9 Å². The number of pyridine rings is 1. The average Bonchev–Trinajstić information content (AvgIpc) is 3.38. The summed E-state index contributed by atoms with van der Waals surface area (Å²) in [6.07, 6.45) is 9.61. The highest BCUT2D eigenvalue weighted by atomic mass is 32.2. The second-order valence-electron chi connectivity index (χ2n) is 9.41. The third-order valence-electron chi connectivity index (χ3n) is 6.98. The van der Waals surface area contributed by atoms with Gasteiger partial charge in [-0.15, -0.1) is 0 Å². The Hall–Kier alpha value is -3.59. The van der Waals surface area contributed by atoms with Gasteiger partial charge in [-0.1, -0.05) is 18.2 Å². The van der Waals surface area contributed by atoms with Crippen molar-refractivity contribution in [2.75, 3.05) is 32.0 Å². The second kappa shape index (κ2) is 11.4. The Labute approximate surface area is 222 Å². The highest BCUT2D eigenvalue weighted by Gasteiger charge is 2.21. The minimum absolute atomic E-state index is 0.248. The predicted octanol–water partition coefficient (Wildman–Crippen LogP) is 4.98. The molecule has 0 saturated carbocycles. The van der Waals surface area contributed by atoms with Crippen molar-refractivity contribution >= 4 is 15.4 Å². The van der Waals surface area contributed by atoms with Crippen LogP contribution in [0.25, 0.3) is 28.0 Å². The minimum atomic E-state index is -3.43. The van der Waals surface area contributed by atoms with Crippen LogP contribution in [0.3, 0.4) is 0 Å². The number of aromatic nitrogens is 2. The molecule has 0 atom stereocenters. The molecule has 0 fully saturated rings. The minimum Gasteiger partial charge on any atom is -0.395 e. The van der Waals surface area contributed by atoms with E-state index in [1.54, 1.807) is 36.7 Å². The van der Waals surface area contributed by atoms with Crippen molar-refractivity contribution in [3.8, 4) is 22.4 Å². The Bertz CT molecular complexity index is 1510. The van der Waals surface area contributed by atoms with Crippen molar-refractivity contribution in [1.29, 1.82) is 0 Å². The molecular weight excluding hydrogens is 501 g/mol. The monoisotopic (exact) mass is 531 g/mol. The number of benzene rings is 2. The van der Waals surface area contributed by atoms with Crippen LogP contribution >= 0.6 is 0 Å². The summed E-state index contributed by atoms with van der Waals surface area (Å²) in [5, 5.41) is 8.97. The van der Waals surface area contributed by atoms with Gasteiger partial charge in [-0.05, 0) is 83.6 Å². The molecule has 8 heteroatoms. The van der Waals surface area contributed by atoms with Gasteiger partial charge >= 0.3 is 0 Å². The molecular formula is C30H30FN3O3S. The molecule has 1 aliphatic heterocycles. The van der Waals surface area contributed by atoms with Crippen molar-refractivity contribution in [1.82, 2.24) is 14.9 Å². The molecule has 4 aromatic rings. The molecule has 0 radical (unpaired) electrons. The van der Waals surface area contributed by atoms with Crippen LogP contribution in [0.2, 0.25) is 0 Å². The molecule has 0 amide bonds. The number of H-pyrrole nitrogens is 1. The Morgan fingerprint density at radius 1 is 0.974 bits per heavy atom. The van der Waals surface area contributed by atoms with E-state index in [-0.39, 0.29) is 23.1 Å². The molecule has 196 valence electrons. The molecule has 38 heavy (non-hydrogen) atoms. The van der Waals surface area contributed by atoms with E-state index in [1.165, 1.54) is 17.7 Å². The van der Waals surface area contributed by atoms with Gasteiger partial charge in [0.2, 0.25) is 0 Å². The van der Waals surface area contributed by atoms with E-state index in [2.05, 4.69) is 20.9 Å². The van der Waals surface area contributed by atoms with Gasteiger partial charge in [-0.3, -0.25) is 9.88 Å². The lowest BCUT2D eigenvalue weighted by Gasteiger charge is -2.26. The summed E-state index contributed by atoms with van der Waals surface area (Å²) >= 11 is 0. The molecule has 3 heterocycles. The standard InChI is InChI=1S/C30H30FN3O3S/c31-26-5-3-25(4-6-26)30-29(24-9-14-32-15-10-24)28(21-33-30)23-12-17-34(18-13-23)16-11-22-1-7-27(8-2-22)38(36,37)20-19-35/h1-10,12,14-15,21,33,35H,11,13,16-20H2. The van der Waals surface area contributed by atoms with E-state index in [9.17, 15) is 12.8 Å². The van der Waals surface area contributed by atoms with Crippen LogP contribution < -0.4 is 0 Å². The van der Waals surface area contributed by atoms with Crippen LogP contribution in [0.15, 0.2) is 90.2 Å². The quantitative estimate of drug-likeness (QED) is 0.318. The van der Waals surface area contributed by atoms with Gasteiger partial charge in [0.1, 0.15) is 5.82 Å². The number of aromatic amines is 1. The second-order valence-corrected chi connectivity index (χ2v) is 11.5. The number of nitrogens with zero attached hydrogens (tertiary/aromatic N) is 2. The summed E-state index contributed by atoms with van der Waals surface area (Å²) in [5.41, 5.74) is 7.54. The molecule has 0 unspecified atom stereocenters. The summed E-state index contributed by atoms with van der Waals surface area (Å²) in [6.45, 7) is 2.24. The number of halogens is 1. The summed E-state index contributed by atoms with van der Waals surface area (Å²) in [7, 11) is -3.43. The van der Waals surface area contributed by atoms with Crippen molar-refractivity contribution in [2.24, 2.45) is 0 Å². The normalized spacial score (nSPS) is 14.4. The SMILES string of the molecule is O=S(=O)(CCO)c1ccc(CCN2CC=C(c3c[nH]c(-c4ccc(F)cc4)c3-c3ccncc3)CC2)cc1. The molecule has 0 aliphatic carbocycles. The summed E-state index contributed by atoms with van der Waals surface area (Å²) < 4.78 is 37.8. The van der Waals surface area contributed by atoms with E-state index in [1.807, 2.05) is 30.5 Å². The first-order valence-corrected chi connectivity index (χ1v) is 14.3. The van der Waals surface area contributed by atoms with Crippen LogP contribution in [0, 0.1) is 5.82 Å². The van der Waals surface area contributed by atoms with Crippen molar-refractivity contribution in [3.63, 3.8) is 0 Å². The Balaban J connectivity index is 1.30. The number of hydrogen-bond donors (Lipinski definition) is 2. The fourth-order valence-electron chi connectivity index (χ4n) is 4.89. The fourth-order valence-corrected chi connectivity index (χ4v) is 5.91. The van der Waals surface area contributed by atoms with E-state index < -0.39 is 9.84 Å². The third-order valence-corrected chi connectivity index (χ3v) is 8.69. The number of aliphatic hydroxyl groups excluding tert-OH is 1. The Morgan fingerprint density at radius 3 is 2.37 bits per heavy atom. The fraction of sp³-hybridized carbons (Fsp3) is 0.233. The molecule has 2 aromatic carbocycles. The van der Waals surface area contributed by atoms with Gasteiger partial charge < -0.3 is 10.1 Å². The molecule has 0 bridgehead atoms. The van der Waals surface area contributed by atoms with Gasteiger partial charge in [0.05, 0.1) is 22.9 Å². The lowest BCUT2D eigenvalue weighted by atomic mass is 9.92. The van der Waals surface area contributed by atoms with E-state index in [0.717, 1.165) is 66.0 Å². The maximum absolute atomic E-state index is 13.6. The number of nitrogens with one attached hydrogen (secondary N) is 1. The topological polar surface area (TPSA) is 86.3 Å². The lowest BCUT2D eigenvalue weighted by molar-refractivity contribution is 0.306. The first-order valence-electron chi connectivity index (χ1n) is 12.7. The van der Waals surface area contributed by atoms with Gasteiger partial charge in [-0.2, -0.15) is 0 Å². The number of rotatable bonds is 9. The number of aliphatic hydroxyl groups is 1. The van der Waals surface area contributed by atoms with Crippen molar-refractivity contribution in [2.45, 2.75) is 17.7 Å². The predicted molar refractivity (Wildman–Crippen MR) is 148 cm³/mol. The first-order chi connectivity index (χ1) is 18.4. The number of hydrogen-bond acceptors (Lipinski definition) is 5. The van der Waals surface area contributed by atoms with Gasteiger partial charge in [-0.25, -0.2) is 12.8 Å². The smallest absolute Gasteiger partial charge is 0.180 e. The molecule has 6 nitrogen and oxygen atoms in total. The third kappa shape index (κ3) is 5.78. The molecule has 0 spiro atoms. The highest BCUT2D eigenvalue weighted by molar-refractivity contribution is 7.91. The maximum atomic E-state index is 13.6. The lowest BCUT2D eigenvalue weighted by Crippen LogP contribution is -2.30.